The van der Waals surface area contributed by atoms with E-state index >= 15 is 0 Å². The SMILES string of the molecule is c1ccc(C2=NC(c3ccccc3)NC(c3ccc(-c4cc5oc6ccccc6c5c5ccccc45)c4oc5ccccc5c34)N2)cc1. The Morgan fingerprint density at radius 1 is 0.500 bits per heavy atom. The van der Waals surface area contributed by atoms with Gasteiger partial charge in [0.25, 0.3) is 0 Å². The first kappa shape index (κ1) is 27.0. The van der Waals surface area contributed by atoms with Crippen molar-refractivity contribution in [3.8, 4) is 11.1 Å². The first-order valence-electron chi connectivity index (χ1n) is 16.3. The largest absolute Gasteiger partial charge is 0.456 e. The number of fused-ring (bicyclic) bond motifs is 8. The molecular formula is C43H29N3O2. The van der Waals surface area contributed by atoms with Crippen LogP contribution in [0.5, 0.6) is 0 Å². The molecule has 5 heteroatoms. The van der Waals surface area contributed by atoms with Gasteiger partial charge < -0.3 is 14.2 Å². The summed E-state index contributed by atoms with van der Waals surface area (Å²) in [5.41, 5.74) is 8.79. The van der Waals surface area contributed by atoms with Gasteiger partial charge in [-0.3, -0.25) is 5.32 Å². The minimum Gasteiger partial charge on any atom is -0.456 e. The van der Waals surface area contributed by atoms with Crippen LogP contribution in [-0.4, -0.2) is 5.84 Å². The number of nitrogens with zero attached hydrogens (tertiary/aromatic N) is 1. The predicted octanol–water partition coefficient (Wildman–Crippen LogP) is 10.6. The van der Waals surface area contributed by atoms with Gasteiger partial charge in [0.2, 0.25) is 0 Å². The van der Waals surface area contributed by atoms with E-state index in [-0.39, 0.29) is 12.3 Å². The third-order valence-electron chi connectivity index (χ3n) is 9.57. The average Bonchev–Trinajstić information content (AvgIpc) is 3.74. The van der Waals surface area contributed by atoms with Gasteiger partial charge in [0, 0.05) is 38.2 Å². The average molecular weight is 620 g/mol. The maximum absolute atomic E-state index is 6.80. The van der Waals surface area contributed by atoms with Crippen molar-refractivity contribution in [1.29, 1.82) is 0 Å². The molecule has 228 valence electrons. The topological polar surface area (TPSA) is 62.7 Å². The predicted molar refractivity (Wildman–Crippen MR) is 195 cm³/mol. The van der Waals surface area contributed by atoms with Gasteiger partial charge in [-0.25, -0.2) is 4.99 Å². The van der Waals surface area contributed by atoms with E-state index in [2.05, 4.69) is 120 Å². The lowest BCUT2D eigenvalue weighted by atomic mass is 9.92. The van der Waals surface area contributed by atoms with Crippen LogP contribution in [0.2, 0.25) is 0 Å². The molecule has 2 aromatic heterocycles. The summed E-state index contributed by atoms with van der Waals surface area (Å²) >= 11 is 0. The summed E-state index contributed by atoms with van der Waals surface area (Å²) in [6.45, 7) is 0. The number of rotatable bonds is 4. The molecule has 0 saturated carbocycles. The standard InChI is InChI=1S/C43H29N3O2/c1-3-13-26(14-4-1)41-44-42(27-15-5-2-6-16-27)46-43(45-41)33-24-23-30(40-39(33)32-20-10-12-22-36(32)48-40)34-25-37-38(29-18-8-7-17-28(29)34)31-19-9-11-21-35(31)47-37/h1-25,41,43,45H,(H,44,46). The zero-order chi connectivity index (χ0) is 31.6. The molecule has 0 amide bonds. The first-order valence-corrected chi connectivity index (χ1v) is 16.3. The zero-order valence-corrected chi connectivity index (χ0v) is 25.9. The smallest absolute Gasteiger partial charge is 0.143 e. The summed E-state index contributed by atoms with van der Waals surface area (Å²) in [7, 11) is 0. The second kappa shape index (κ2) is 10.7. The molecular weight excluding hydrogens is 590 g/mol. The number of amidine groups is 1. The molecule has 0 radical (unpaired) electrons. The van der Waals surface area contributed by atoms with Crippen LogP contribution >= 0.6 is 0 Å². The van der Waals surface area contributed by atoms with Gasteiger partial charge in [-0.1, -0.05) is 133 Å². The van der Waals surface area contributed by atoms with Crippen molar-refractivity contribution in [2.45, 2.75) is 12.3 Å². The van der Waals surface area contributed by atoms with Crippen molar-refractivity contribution in [3.63, 3.8) is 0 Å². The minimum absolute atomic E-state index is 0.236. The molecule has 2 atom stereocenters. The Balaban J connectivity index is 1.21. The van der Waals surface area contributed by atoms with Crippen LogP contribution in [0.1, 0.15) is 29.0 Å². The van der Waals surface area contributed by atoms with Crippen molar-refractivity contribution in [2.75, 3.05) is 0 Å². The molecule has 3 heterocycles. The molecule has 1 aliphatic heterocycles. The van der Waals surface area contributed by atoms with E-state index in [9.17, 15) is 0 Å². The van der Waals surface area contributed by atoms with Crippen molar-refractivity contribution < 1.29 is 8.83 Å². The fourth-order valence-electron chi connectivity index (χ4n) is 7.39. The summed E-state index contributed by atoms with van der Waals surface area (Å²) in [5.74, 6) is 0.847. The fraction of sp³-hybridized carbons (Fsp3) is 0.0465. The molecule has 0 aliphatic carbocycles. The fourth-order valence-corrected chi connectivity index (χ4v) is 7.39. The molecule has 1 aliphatic rings. The third-order valence-corrected chi connectivity index (χ3v) is 9.57. The summed E-state index contributed by atoms with van der Waals surface area (Å²) in [5, 5.41) is 14.3. The Bertz CT molecular complexity index is 2690. The lowest BCUT2D eigenvalue weighted by molar-refractivity contribution is 0.411. The van der Waals surface area contributed by atoms with Crippen LogP contribution in [-0.2, 0) is 0 Å². The van der Waals surface area contributed by atoms with Crippen LogP contribution in [0.3, 0.4) is 0 Å². The Morgan fingerprint density at radius 3 is 1.90 bits per heavy atom. The van der Waals surface area contributed by atoms with Gasteiger partial charge in [-0.15, -0.1) is 0 Å². The summed E-state index contributed by atoms with van der Waals surface area (Å²) in [6, 6.07) is 52.5. The highest BCUT2D eigenvalue weighted by Gasteiger charge is 2.29. The molecule has 9 aromatic rings. The number of nitrogens with one attached hydrogen (secondary N) is 2. The van der Waals surface area contributed by atoms with Gasteiger partial charge in [-0.2, -0.15) is 0 Å². The van der Waals surface area contributed by atoms with Crippen molar-refractivity contribution in [1.82, 2.24) is 10.6 Å². The Morgan fingerprint density at radius 2 is 1.12 bits per heavy atom. The molecule has 7 aromatic carbocycles. The molecule has 2 N–H and O–H groups in total. The van der Waals surface area contributed by atoms with Gasteiger partial charge >= 0.3 is 0 Å². The normalized spacial score (nSPS) is 16.5. The Labute approximate surface area is 276 Å². The number of aliphatic imine (C=N–C) groups is 1. The quantitative estimate of drug-likeness (QED) is 0.206. The molecule has 48 heavy (non-hydrogen) atoms. The van der Waals surface area contributed by atoms with E-state index < -0.39 is 0 Å². The number of benzene rings is 7. The van der Waals surface area contributed by atoms with Gasteiger partial charge in [-0.05, 0) is 40.1 Å². The number of furan rings is 2. The number of hydrogen-bond donors (Lipinski definition) is 2. The van der Waals surface area contributed by atoms with E-state index in [1.807, 2.05) is 42.5 Å². The lowest BCUT2D eigenvalue weighted by Gasteiger charge is -2.32. The van der Waals surface area contributed by atoms with E-state index in [1.54, 1.807) is 0 Å². The summed E-state index contributed by atoms with van der Waals surface area (Å²) in [4.78, 5) is 5.13. The van der Waals surface area contributed by atoms with Crippen LogP contribution < -0.4 is 10.6 Å². The maximum Gasteiger partial charge on any atom is 0.143 e. The number of hydrogen-bond acceptors (Lipinski definition) is 5. The number of para-hydroxylation sites is 2. The molecule has 0 saturated heterocycles. The van der Waals surface area contributed by atoms with Crippen molar-refractivity contribution in [3.05, 3.63) is 168 Å². The van der Waals surface area contributed by atoms with Crippen LogP contribution in [0.25, 0.3) is 65.8 Å². The first-order chi connectivity index (χ1) is 23.8. The molecule has 0 fully saturated rings. The highest BCUT2D eigenvalue weighted by atomic mass is 16.3. The molecule has 5 nitrogen and oxygen atoms in total. The van der Waals surface area contributed by atoms with Gasteiger partial charge in [0.05, 0.1) is 0 Å². The highest BCUT2D eigenvalue weighted by Crippen LogP contribution is 2.45. The van der Waals surface area contributed by atoms with Gasteiger partial charge in [0.15, 0.2) is 0 Å². The Kier molecular flexibility index (Phi) is 6.01. The second-order valence-corrected chi connectivity index (χ2v) is 12.3. The van der Waals surface area contributed by atoms with E-state index in [0.717, 1.165) is 88.3 Å². The van der Waals surface area contributed by atoms with Crippen LogP contribution in [0, 0.1) is 0 Å². The van der Waals surface area contributed by atoms with E-state index in [1.165, 1.54) is 0 Å². The third kappa shape index (κ3) is 4.18. The van der Waals surface area contributed by atoms with E-state index in [4.69, 9.17) is 13.8 Å². The maximum atomic E-state index is 6.80. The van der Waals surface area contributed by atoms with Gasteiger partial charge in [0.1, 0.15) is 40.5 Å². The van der Waals surface area contributed by atoms with Crippen molar-refractivity contribution >= 4 is 60.5 Å². The highest BCUT2D eigenvalue weighted by molar-refractivity contribution is 6.23. The minimum atomic E-state index is -0.241. The van der Waals surface area contributed by atoms with Crippen molar-refractivity contribution in [2.24, 2.45) is 4.99 Å². The lowest BCUT2D eigenvalue weighted by Crippen LogP contribution is -2.45. The summed E-state index contributed by atoms with van der Waals surface area (Å²) < 4.78 is 13.3. The van der Waals surface area contributed by atoms with Crippen LogP contribution in [0.15, 0.2) is 165 Å². The summed E-state index contributed by atoms with van der Waals surface area (Å²) in [6.07, 6.45) is -0.477. The van der Waals surface area contributed by atoms with E-state index in [0.29, 0.717) is 0 Å². The Hall–Kier alpha value is -6.17. The molecule has 0 bridgehead atoms. The molecule has 10 rings (SSSR count). The molecule has 0 spiro atoms. The molecule has 2 unspecified atom stereocenters. The zero-order valence-electron chi connectivity index (χ0n) is 25.9. The van der Waals surface area contributed by atoms with Crippen LogP contribution in [0.4, 0.5) is 0 Å². The second-order valence-electron chi connectivity index (χ2n) is 12.3. The monoisotopic (exact) mass is 619 g/mol.